The van der Waals surface area contributed by atoms with Gasteiger partial charge in [-0.15, -0.1) is 0 Å². The lowest BCUT2D eigenvalue weighted by molar-refractivity contribution is 0.249. The van der Waals surface area contributed by atoms with E-state index in [2.05, 4.69) is 6.07 Å². The third kappa shape index (κ3) is 3.87. The standard InChI is InChI=1S/C14H18ClNO3S/c1-5-11(8-16)19-13-7-12(9(2)3)14(6-10(13)4)20(15,17)18/h6-7,9,11H,5H2,1-4H3. The van der Waals surface area contributed by atoms with Gasteiger partial charge in [-0.1, -0.05) is 20.8 Å². The van der Waals surface area contributed by atoms with Crippen LogP contribution in [0.1, 0.15) is 44.2 Å². The van der Waals surface area contributed by atoms with Gasteiger partial charge in [0.2, 0.25) is 0 Å². The van der Waals surface area contributed by atoms with Crippen LogP contribution >= 0.6 is 10.7 Å². The van der Waals surface area contributed by atoms with E-state index in [0.717, 1.165) is 0 Å². The number of hydrogen-bond donors (Lipinski definition) is 0. The summed E-state index contributed by atoms with van der Waals surface area (Å²) in [6, 6.07) is 5.21. The van der Waals surface area contributed by atoms with Crippen molar-refractivity contribution in [1.82, 2.24) is 0 Å². The predicted molar refractivity (Wildman–Crippen MR) is 78.6 cm³/mol. The van der Waals surface area contributed by atoms with Crippen LogP contribution in [-0.2, 0) is 9.05 Å². The van der Waals surface area contributed by atoms with Crippen molar-refractivity contribution < 1.29 is 13.2 Å². The Morgan fingerprint density at radius 1 is 1.40 bits per heavy atom. The first kappa shape index (κ1) is 16.8. The molecule has 0 amide bonds. The van der Waals surface area contributed by atoms with Crippen LogP contribution < -0.4 is 4.74 Å². The Hall–Kier alpha value is -1.25. The molecule has 0 saturated heterocycles. The summed E-state index contributed by atoms with van der Waals surface area (Å²) in [6.45, 7) is 7.34. The van der Waals surface area contributed by atoms with Crippen LogP contribution in [0.15, 0.2) is 17.0 Å². The molecule has 0 aliphatic heterocycles. The van der Waals surface area contributed by atoms with Gasteiger partial charge >= 0.3 is 0 Å². The first-order valence-corrected chi connectivity index (χ1v) is 8.67. The maximum atomic E-state index is 11.6. The molecule has 1 atom stereocenters. The SMILES string of the molecule is CCC(C#N)Oc1cc(C(C)C)c(S(=O)(=O)Cl)cc1C. The number of aryl methyl sites for hydroxylation is 1. The first-order chi connectivity index (χ1) is 9.20. The van der Waals surface area contributed by atoms with Crippen molar-refractivity contribution in [2.45, 2.75) is 51.0 Å². The van der Waals surface area contributed by atoms with E-state index in [1.54, 1.807) is 13.0 Å². The Balaban J connectivity index is 3.39. The van der Waals surface area contributed by atoms with Crippen molar-refractivity contribution >= 4 is 19.7 Å². The number of nitrogens with zero attached hydrogens (tertiary/aromatic N) is 1. The van der Waals surface area contributed by atoms with E-state index in [0.29, 0.717) is 23.3 Å². The minimum absolute atomic E-state index is 0.0244. The number of halogens is 1. The summed E-state index contributed by atoms with van der Waals surface area (Å²) in [6.07, 6.45) is 0.00913. The summed E-state index contributed by atoms with van der Waals surface area (Å²) < 4.78 is 28.9. The summed E-state index contributed by atoms with van der Waals surface area (Å²) in [4.78, 5) is 0.101. The summed E-state index contributed by atoms with van der Waals surface area (Å²) in [5.41, 5.74) is 1.23. The fraction of sp³-hybridized carbons (Fsp3) is 0.500. The van der Waals surface area contributed by atoms with Gasteiger partial charge in [-0.05, 0) is 42.5 Å². The van der Waals surface area contributed by atoms with Crippen molar-refractivity contribution in [2.75, 3.05) is 0 Å². The van der Waals surface area contributed by atoms with E-state index < -0.39 is 15.2 Å². The molecule has 110 valence electrons. The molecule has 4 nitrogen and oxygen atoms in total. The van der Waals surface area contributed by atoms with Gasteiger partial charge in [0, 0.05) is 10.7 Å². The van der Waals surface area contributed by atoms with Crippen molar-refractivity contribution in [2.24, 2.45) is 0 Å². The van der Waals surface area contributed by atoms with Gasteiger partial charge in [0.15, 0.2) is 6.10 Å². The molecule has 0 radical (unpaired) electrons. The van der Waals surface area contributed by atoms with Gasteiger partial charge in [-0.2, -0.15) is 5.26 Å². The number of hydrogen-bond acceptors (Lipinski definition) is 4. The summed E-state index contributed by atoms with van der Waals surface area (Å²) in [5, 5.41) is 8.95. The fourth-order valence-corrected chi connectivity index (χ4v) is 3.12. The second-order valence-corrected chi connectivity index (χ2v) is 7.43. The lowest BCUT2D eigenvalue weighted by Gasteiger charge is -2.17. The topological polar surface area (TPSA) is 67.2 Å². The van der Waals surface area contributed by atoms with E-state index in [4.69, 9.17) is 20.7 Å². The van der Waals surface area contributed by atoms with Crippen molar-refractivity contribution in [3.8, 4) is 11.8 Å². The Morgan fingerprint density at radius 2 is 2.00 bits per heavy atom. The quantitative estimate of drug-likeness (QED) is 0.776. The summed E-state index contributed by atoms with van der Waals surface area (Å²) in [5.74, 6) is 0.495. The molecule has 0 spiro atoms. The van der Waals surface area contributed by atoms with E-state index >= 15 is 0 Å². The van der Waals surface area contributed by atoms with Gasteiger partial charge in [0.1, 0.15) is 11.8 Å². The van der Waals surface area contributed by atoms with Crippen LogP contribution in [0.4, 0.5) is 0 Å². The molecule has 20 heavy (non-hydrogen) atoms. The van der Waals surface area contributed by atoms with Crippen LogP contribution in [0, 0.1) is 18.3 Å². The molecule has 1 rings (SSSR count). The van der Waals surface area contributed by atoms with E-state index in [1.165, 1.54) is 6.07 Å². The van der Waals surface area contributed by atoms with Crippen molar-refractivity contribution in [1.29, 1.82) is 5.26 Å². The Bertz CT molecular complexity index is 633. The molecule has 0 heterocycles. The van der Waals surface area contributed by atoms with Gasteiger partial charge in [0.05, 0.1) is 4.90 Å². The molecule has 1 aromatic rings. The van der Waals surface area contributed by atoms with E-state index in [9.17, 15) is 8.42 Å². The first-order valence-electron chi connectivity index (χ1n) is 6.36. The monoisotopic (exact) mass is 315 g/mol. The molecule has 0 saturated carbocycles. The van der Waals surface area contributed by atoms with Crippen molar-refractivity contribution in [3.63, 3.8) is 0 Å². The van der Waals surface area contributed by atoms with Crippen LogP contribution in [0.5, 0.6) is 5.75 Å². The average molecular weight is 316 g/mol. The molecule has 0 fully saturated rings. The lowest BCUT2D eigenvalue weighted by atomic mass is 10.0. The highest BCUT2D eigenvalue weighted by atomic mass is 35.7. The maximum Gasteiger partial charge on any atom is 0.261 e. The smallest absolute Gasteiger partial charge is 0.261 e. The second-order valence-electron chi connectivity index (χ2n) is 4.89. The Kier molecular flexibility index (Phi) is 5.43. The van der Waals surface area contributed by atoms with Crippen LogP contribution in [0.3, 0.4) is 0 Å². The molecule has 6 heteroatoms. The molecule has 1 aromatic carbocycles. The lowest BCUT2D eigenvalue weighted by Crippen LogP contribution is -2.14. The molecular weight excluding hydrogens is 298 g/mol. The zero-order valence-corrected chi connectivity index (χ0v) is 13.5. The number of ether oxygens (including phenoxy) is 1. The second kappa shape index (κ2) is 6.47. The Labute approximate surface area is 124 Å². The van der Waals surface area contributed by atoms with Gasteiger partial charge in [-0.25, -0.2) is 8.42 Å². The van der Waals surface area contributed by atoms with E-state index in [-0.39, 0.29) is 10.8 Å². The van der Waals surface area contributed by atoms with E-state index in [1.807, 2.05) is 20.8 Å². The highest BCUT2D eigenvalue weighted by molar-refractivity contribution is 8.13. The van der Waals surface area contributed by atoms with Crippen LogP contribution in [-0.4, -0.2) is 14.5 Å². The van der Waals surface area contributed by atoms with Gasteiger partial charge in [0.25, 0.3) is 9.05 Å². The van der Waals surface area contributed by atoms with Crippen LogP contribution in [0.25, 0.3) is 0 Å². The molecule has 0 aliphatic rings. The van der Waals surface area contributed by atoms with Gasteiger partial charge in [-0.3, -0.25) is 0 Å². The average Bonchev–Trinajstić information content (AvgIpc) is 2.35. The number of nitriles is 1. The van der Waals surface area contributed by atoms with Crippen molar-refractivity contribution in [3.05, 3.63) is 23.3 Å². The number of benzene rings is 1. The molecule has 1 unspecified atom stereocenters. The van der Waals surface area contributed by atoms with Gasteiger partial charge < -0.3 is 4.74 Å². The summed E-state index contributed by atoms with van der Waals surface area (Å²) >= 11 is 0. The van der Waals surface area contributed by atoms with Crippen LogP contribution in [0.2, 0.25) is 0 Å². The zero-order valence-electron chi connectivity index (χ0n) is 12.0. The molecular formula is C14H18ClNO3S. The minimum Gasteiger partial charge on any atom is -0.475 e. The third-order valence-electron chi connectivity index (χ3n) is 2.98. The molecule has 0 N–H and O–H groups in total. The summed E-state index contributed by atoms with van der Waals surface area (Å²) in [7, 11) is 1.67. The minimum atomic E-state index is -3.81. The number of rotatable bonds is 5. The fourth-order valence-electron chi connectivity index (χ4n) is 1.82. The maximum absolute atomic E-state index is 11.6. The highest BCUT2D eigenvalue weighted by Gasteiger charge is 2.21. The third-order valence-corrected chi connectivity index (χ3v) is 4.35. The largest absolute Gasteiger partial charge is 0.475 e. The highest BCUT2D eigenvalue weighted by Crippen LogP contribution is 2.33. The molecule has 0 aromatic heterocycles. The predicted octanol–water partition coefficient (Wildman–Crippen LogP) is 3.73. The Morgan fingerprint density at radius 3 is 2.40 bits per heavy atom. The molecule has 0 bridgehead atoms. The normalized spacial score (nSPS) is 13.1. The zero-order chi connectivity index (χ0) is 15.5. The molecule has 0 aliphatic carbocycles.